The normalized spacial score (nSPS) is 14.9. The lowest BCUT2D eigenvalue weighted by molar-refractivity contribution is -0.142. The first kappa shape index (κ1) is 25.6. The molecule has 0 spiro atoms. The number of hydrogen-bond acceptors (Lipinski definition) is 8. The van der Waals surface area contributed by atoms with Crippen LogP contribution in [0, 0.1) is 0 Å². The molecule has 0 aromatic rings. The fraction of sp³-hybridized carbons (Fsp3) is 0.667. The summed E-state index contributed by atoms with van der Waals surface area (Å²) in [7, 11) is 0. The smallest absolute Gasteiger partial charge is 0.326 e. The van der Waals surface area contributed by atoms with Crippen LogP contribution in [0.2, 0.25) is 0 Å². The minimum atomic E-state index is -1.42. The van der Waals surface area contributed by atoms with Gasteiger partial charge in [0, 0.05) is 0 Å². The molecule has 0 bridgehead atoms. The van der Waals surface area contributed by atoms with Crippen LogP contribution in [-0.2, 0) is 24.0 Å². The molecule has 0 aromatic carbocycles. The van der Waals surface area contributed by atoms with E-state index in [-0.39, 0.29) is 6.42 Å². The Morgan fingerprint density at radius 2 is 1.57 bits per heavy atom. The minimum absolute atomic E-state index is 0.144. The highest BCUT2D eigenvalue weighted by Gasteiger charge is 2.29. The van der Waals surface area contributed by atoms with E-state index in [0.29, 0.717) is 5.75 Å². The fourth-order valence-electron chi connectivity index (χ4n) is 1.94. The number of hydrogen-bond donors (Lipinski definition) is 7. The Morgan fingerprint density at radius 1 is 1.00 bits per heavy atom. The third kappa shape index (κ3) is 9.53. The first-order valence-corrected chi connectivity index (χ1v) is 9.70. The Morgan fingerprint density at radius 3 is 2.04 bits per heavy atom. The van der Waals surface area contributed by atoms with Crippen LogP contribution in [0.1, 0.15) is 19.8 Å². The SMILES string of the molecule is CSCCC(NC(=O)C(CC(N)=O)NC(=O)C(C)NC(=O)C(N)CO)C(=O)O. The molecule has 0 fully saturated rings. The van der Waals surface area contributed by atoms with Crippen molar-refractivity contribution in [2.75, 3.05) is 18.6 Å². The van der Waals surface area contributed by atoms with E-state index in [0.717, 1.165) is 0 Å². The molecule has 0 aromatic heterocycles. The van der Waals surface area contributed by atoms with E-state index in [2.05, 4.69) is 16.0 Å². The first-order chi connectivity index (χ1) is 13.0. The third-order valence-corrected chi connectivity index (χ3v) is 4.19. The Balaban J connectivity index is 5.07. The molecule has 0 rings (SSSR count). The van der Waals surface area contributed by atoms with Gasteiger partial charge in [0.1, 0.15) is 24.2 Å². The number of thioether (sulfide) groups is 1. The summed E-state index contributed by atoms with van der Waals surface area (Å²) in [4.78, 5) is 58.6. The number of carbonyl (C=O) groups is 5. The van der Waals surface area contributed by atoms with Gasteiger partial charge in [0.05, 0.1) is 13.0 Å². The number of primary amides is 1. The molecular weight excluding hydrogens is 394 g/mol. The van der Waals surface area contributed by atoms with Crippen LogP contribution in [0.25, 0.3) is 0 Å². The number of carbonyl (C=O) groups excluding carboxylic acids is 4. The Labute approximate surface area is 166 Å². The van der Waals surface area contributed by atoms with Crippen LogP contribution in [0.5, 0.6) is 0 Å². The monoisotopic (exact) mass is 421 g/mol. The topological polar surface area (TPSA) is 214 Å². The molecule has 4 amide bonds. The summed E-state index contributed by atoms with van der Waals surface area (Å²) in [5.41, 5.74) is 10.4. The number of carboxylic acid groups (broad SMARTS) is 1. The summed E-state index contributed by atoms with van der Waals surface area (Å²) in [5.74, 6) is -4.19. The molecule has 4 atom stereocenters. The summed E-state index contributed by atoms with van der Waals surface area (Å²) >= 11 is 1.39. The number of nitrogens with two attached hydrogens (primary N) is 2. The van der Waals surface area contributed by atoms with Crippen LogP contribution in [0.15, 0.2) is 0 Å². The van der Waals surface area contributed by atoms with E-state index >= 15 is 0 Å². The molecule has 0 aliphatic rings. The third-order valence-electron chi connectivity index (χ3n) is 3.55. The van der Waals surface area contributed by atoms with Crippen molar-refractivity contribution in [2.45, 2.75) is 43.9 Å². The predicted molar refractivity (Wildman–Crippen MR) is 101 cm³/mol. The fourth-order valence-corrected chi connectivity index (χ4v) is 2.41. The number of rotatable bonds is 13. The number of nitrogens with one attached hydrogen (secondary N) is 3. The second-order valence-corrected chi connectivity index (χ2v) is 6.92. The van der Waals surface area contributed by atoms with Crippen LogP contribution in [-0.4, -0.2) is 82.6 Å². The molecule has 160 valence electrons. The molecule has 0 radical (unpaired) electrons. The molecule has 0 aliphatic carbocycles. The standard InChI is InChI=1S/C15H27N5O7S/c1-7(18-13(24)8(16)6-21)12(23)20-10(5-11(17)22)14(25)19-9(15(26)27)3-4-28-2/h7-10,21H,3-6,16H2,1-2H3,(H2,17,22)(H,18,24)(H,19,25)(H,20,23)(H,26,27). The van der Waals surface area contributed by atoms with Crippen molar-refractivity contribution in [2.24, 2.45) is 11.5 Å². The molecule has 28 heavy (non-hydrogen) atoms. The van der Waals surface area contributed by atoms with E-state index in [1.807, 2.05) is 0 Å². The molecule has 13 heteroatoms. The number of carboxylic acids is 1. The average molecular weight is 421 g/mol. The van der Waals surface area contributed by atoms with Crippen molar-refractivity contribution in [3.63, 3.8) is 0 Å². The van der Waals surface area contributed by atoms with Crippen LogP contribution in [0.3, 0.4) is 0 Å². The highest BCUT2D eigenvalue weighted by Crippen LogP contribution is 2.03. The molecular formula is C15H27N5O7S. The van der Waals surface area contributed by atoms with Crippen molar-refractivity contribution in [3.05, 3.63) is 0 Å². The van der Waals surface area contributed by atoms with Crippen molar-refractivity contribution < 1.29 is 34.2 Å². The summed E-state index contributed by atoms with van der Waals surface area (Å²) in [5, 5.41) is 24.7. The molecule has 12 nitrogen and oxygen atoms in total. The molecule has 0 saturated carbocycles. The highest BCUT2D eigenvalue weighted by molar-refractivity contribution is 7.98. The van der Waals surface area contributed by atoms with E-state index in [9.17, 15) is 29.1 Å². The van der Waals surface area contributed by atoms with Gasteiger partial charge in [-0.05, 0) is 25.4 Å². The maximum Gasteiger partial charge on any atom is 0.326 e. The zero-order valence-corrected chi connectivity index (χ0v) is 16.5. The maximum atomic E-state index is 12.3. The van der Waals surface area contributed by atoms with Gasteiger partial charge in [-0.1, -0.05) is 0 Å². The summed E-state index contributed by atoms with van der Waals surface area (Å²) in [6.07, 6.45) is 1.35. The quantitative estimate of drug-likeness (QED) is 0.157. The van der Waals surface area contributed by atoms with Gasteiger partial charge in [0.15, 0.2) is 0 Å². The first-order valence-electron chi connectivity index (χ1n) is 8.31. The Bertz CT molecular complexity index is 589. The minimum Gasteiger partial charge on any atom is -0.480 e. The summed E-state index contributed by atoms with van der Waals surface area (Å²) in [6, 6.07) is -4.99. The van der Waals surface area contributed by atoms with E-state index in [4.69, 9.17) is 16.6 Å². The summed E-state index contributed by atoms with van der Waals surface area (Å²) in [6.45, 7) is 0.675. The maximum absolute atomic E-state index is 12.3. The zero-order valence-electron chi connectivity index (χ0n) is 15.6. The van der Waals surface area contributed by atoms with Gasteiger partial charge in [0.25, 0.3) is 0 Å². The van der Waals surface area contributed by atoms with Crippen molar-refractivity contribution in [1.29, 1.82) is 0 Å². The second-order valence-electron chi connectivity index (χ2n) is 5.93. The number of aliphatic carboxylic acids is 1. The van der Waals surface area contributed by atoms with Gasteiger partial charge in [-0.15, -0.1) is 0 Å². The van der Waals surface area contributed by atoms with Crippen molar-refractivity contribution >= 4 is 41.4 Å². The summed E-state index contributed by atoms with van der Waals surface area (Å²) < 4.78 is 0. The molecule has 9 N–H and O–H groups in total. The Hall–Kier alpha value is -2.38. The van der Waals surface area contributed by atoms with Gasteiger partial charge in [-0.3, -0.25) is 19.2 Å². The van der Waals surface area contributed by atoms with Crippen LogP contribution < -0.4 is 27.4 Å². The second kappa shape index (κ2) is 12.9. The van der Waals surface area contributed by atoms with Gasteiger partial charge in [-0.25, -0.2) is 4.79 Å². The Kier molecular flexibility index (Phi) is 11.8. The van der Waals surface area contributed by atoms with Gasteiger partial charge in [0.2, 0.25) is 23.6 Å². The van der Waals surface area contributed by atoms with E-state index in [1.54, 1.807) is 6.26 Å². The largest absolute Gasteiger partial charge is 0.480 e. The lowest BCUT2D eigenvalue weighted by atomic mass is 10.1. The average Bonchev–Trinajstić information content (AvgIpc) is 2.62. The lowest BCUT2D eigenvalue weighted by Gasteiger charge is -2.23. The molecule has 0 aliphatic heterocycles. The van der Waals surface area contributed by atoms with Crippen molar-refractivity contribution in [3.8, 4) is 0 Å². The van der Waals surface area contributed by atoms with E-state index in [1.165, 1.54) is 18.7 Å². The molecule has 4 unspecified atom stereocenters. The van der Waals surface area contributed by atoms with Gasteiger partial charge in [-0.2, -0.15) is 11.8 Å². The number of aliphatic hydroxyl groups is 1. The number of amides is 4. The van der Waals surface area contributed by atoms with Gasteiger partial charge >= 0.3 is 5.97 Å². The molecule has 0 heterocycles. The molecule has 0 saturated heterocycles. The van der Waals surface area contributed by atoms with Gasteiger partial charge < -0.3 is 37.6 Å². The van der Waals surface area contributed by atoms with E-state index < -0.39 is 66.8 Å². The lowest BCUT2D eigenvalue weighted by Crippen LogP contribution is -2.57. The van der Waals surface area contributed by atoms with Crippen molar-refractivity contribution in [1.82, 2.24) is 16.0 Å². The highest BCUT2D eigenvalue weighted by atomic mass is 32.2. The van der Waals surface area contributed by atoms with Crippen LogP contribution in [0.4, 0.5) is 0 Å². The predicted octanol–water partition coefficient (Wildman–Crippen LogP) is -3.51. The zero-order chi connectivity index (χ0) is 21.9. The number of aliphatic hydroxyl groups excluding tert-OH is 1. The van der Waals surface area contributed by atoms with Crippen LogP contribution >= 0.6 is 11.8 Å².